The third-order valence-corrected chi connectivity index (χ3v) is 6.02. The Labute approximate surface area is 175 Å². The van der Waals surface area contributed by atoms with Gasteiger partial charge in [0.2, 0.25) is 0 Å². The summed E-state index contributed by atoms with van der Waals surface area (Å²) in [5.74, 6) is 1.32. The number of rotatable bonds is 4. The summed E-state index contributed by atoms with van der Waals surface area (Å²) in [7, 11) is 0. The second-order valence-corrected chi connectivity index (χ2v) is 7.88. The molecule has 4 rings (SSSR count). The minimum atomic E-state index is -0.391. The minimum Gasteiger partial charge on any atom is -0.370 e. The molecule has 0 spiro atoms. The molecule has 1 saturated heterocycles. The summed E-state index contributed by atoms with van der Waals surface area (Å²) in [6.07, 6.45) is 6.80. The number of anilines is 1. The average Bonchev–Trinajstić information content (AvgIpc) is 3.36. The summed E-state index contributed by atoms with van der Waals surface area (Å²) in [5, 5.41) is 14.5. The number of fused-ring (bicyclic) bond motifs is 1. The highest BCUT2D eigenvalue weighted by molar-refractivity contribution is 6.01. The Morgan fingerprint density at radius 1 is 1.07 bits per heavy atom. The standard InChI is InChI=1S/C19H25N3O3.2C2H6/c1-12-7-18(21-10-13-8-14(13)11-21)16(9-17(12)22(24)25)19(23)20-15-5-3-2-4-6-15;2*1-2/h7,9,13-15H,2-6,8,10-11H2,1H3,(H,20,23);2*1-2H3. The van der Waals surface area contributed by atoms with Crippen LogP contribution >= 0.6 is 0 Å². The third-order valence-electron chi connectivity index (χ3n) is 6.02. The Bertz CT molecular complexity index is 704. The molecule has 1 heterocycles. The van der Waals surface area contributed by atoms with E-state index in [9.17, 15) is 14.9 Å². The number of hydrogen-bond acceptors (Lipinski definition) is 4. The van der Waals surface area contributed by atoms with E-state index < -0.39 is 4.92 Å². The fraction of sp³-hybridized carbons (Fsp3) is 0.696. The van der Waals surface area contributed by atoms with Gasteiger partial charge in [-0.05, 0) is 44.1 Å². The summed E-state index contributed by atoms with van der Waals surface area (Å²) < 4.78 is 0. The molecule has 1 N–H and O–H groups in total. The number of carbonyl (C=O) groups is 1. The van der Waals surface area contributed by atoms with Gasteiger partial charge in [0.25, 0.3) is 11.6 Å². The van der Waals surface area contributed by atoms with Gasteiger partial charge in [-0.1, -0.05) is 47.0 Å². The minimum absolute atomic E-state index is 0.0295. The number of amides is 1. The number of nitro groups is 1. The average molecular weight is 404 g/mol. The number of hydrogen-bond donors (Lipinski definition) is 1. The van der Waals surface area contributed by atoms with Gasteiger partial charge in [0, 0.05) is 30.8 Å². The molecule has 1 aromatic rings. The van der Waals surface area contributed by atoms with E-state index in [2.05, 4.69) is 10.2 Å². The van der Waals surface area contributed by atoms with Crippen LogP contribution in [0.25, 0.3) is 0 Å². The van der Waals surface area contributed by atoms with Crippen LogP contribution in [0.2, 0.25) is 0 Å². The molecule has 2 aliphatic carbocycles. The number of carbonyl (C=O) groups excluding carboxylic acids is 1. The molecule has 1 aliphatic heterocycles. The zero-order chi connectivity index (χ0) is 21.6. The van der Waals surface area contributed by atoms with Crippen LogP contribution in [0.3, 0.4) is 0 Å². The lowest BCUT2D eigenvalue weighted by atomic mass is 9.95. The number of nitro benzene ring substituents is 1. The summed E-state index contributed by atoms with van der Waals surface area (Å²) in [6, 6.07) is 3.51. The van der Waals surface area contributed by atoms with Crippen LogP contribution in [0.4, 0.5) is 11.4 Å². The molecule has 2 saturated carbocycles. The first kappa shape index (κ1) is 23.2. The van der Waals surface area contributed by atoms with Crippen LogP contribution in [0.5, 0.6) is 0 Å². The lowest BCUT2D eigenvalue weighted by Gasteiger charge is -2.26. The number of aryl methyl sites for hydroxylation is 1. The largest absolute Gasteiger partial charge is 0.370 e. The summed E-state index contributed by atoms with van der Waals surface area (Å²) in [4.78, 5) is 26.1. The van der Waals surface area contributed by atoms with E-state index in [1.165, 1.54) is 18.9 Å². The van der Waals surface area contributed by atoms with Crippen molar-refractivity contribution in [3.63, 3.8) is 0 Å². The molecular formula is C23H37N3O3. The van der Waals surface area contributed by atoms with Crippen molar-refractivity contribution in [2.75, 3.05) is 18.0 Å². The molecule has 0 aromatic heterocycles. The van der Waals surface area contributed by atoms with E-state index in [0.717, 1.165) is 56.3 Å². The maximum absolute atomic E-state index is 12.9. The maximum atomic E-state index is 12.9. The first-order valence-electron chi connectivity index (χ1n) is 11.4. The van der Waals surface area contributed by atoms with Gasteiger partial charge in [-0.15, -0.1) is 0 Å². The Hall–Kier alpha value is -2.11. The van der Waals surface area contributed by atoms with Gasteiger partial charge >= 0.3 is 0 Å². The zero-order valence-electron chi connectivity index (χ0n) is 18.7. The Balaban J connectivity index is 0.000000707. The first-order valence-corrected chi connectivity index (χ1v) is 11.4. The molecule has 6 heteroatoms. The Morgan fingerprint density at radius 3 is 2.21 bits per heavy atom. The highest BCUT2D eigenvalue weighted by Gasteiger charge is 2.46. The van der Waals surface area contributed by atoms with E-state index in [1.807, 2.05) is 33.8 Å². The van der Waals surface area contributed by atoms with Gasteiger partial charge in [-0.25, -0.2) is 0 Å². The molecule has 0 bridgehead atoms. The molecule has 2 unspecified atom stereocenters. The van der Waals surface area contributed by atoms with Gasteiger partial charge in [-0.3, -0.25) is 14.9 Å². The predicted octanol–water partition coefficient (Wildman–Crippen LogP) is 5.47. The molecule has 0 radical (unpaired) electrons. The highest BCUT2D eigenvalue weighted by Crippen LogP contribution is 2.47. The van der Waals surface area contributed by atoms with E-state index in [0.29, 0.717) is 11.1 Å². The zero-order valence-corrected chi connectivity index (χ0v) is 18.7. The van der Waals surface area contributed by atoms with Gasteiger partial charge in [-0.2, -0.15) is 0 Å². The monoisotopic (exact) mass is 403 g/mol. The normalized spacial score (nSPS) is 22.4. The van der Waals surface area contributed by atoms with Gasteiger partial charge in [0.1, 0.15) is 0 Å². The molecule has 1 aromatic carbocycles. The second kappa shape index (κ2) is 10.6. The van der Waals surface area contributed by atoms with Crippen molar-refractivity contribution >= 4 is 17.3 Å². The lowest BCUT2D eigenvalue weighted by Crippen LogP contribution is -2.37. The van der Waals surface area contributed by atoms with Crippen molar-refractivity contribution in [3.8, 4) is 0 Å². The van der Waals surface area contributed by atoms with Gasteiger partial charge in [0.15, 0.2) is 0 Å². The molecule has 2 atom stereocenters. The molecule has 29 heavy (non-hydrogen) atoms. The molecule has 3 aliphatic rings. The fourth-order valence-corrected chi connectivity index (χ4v) is 4.43. The van der Waals surface area contributed by atoms with E-state index in [-0.39, 0.29) is 17.6 Å². The second-order valence-electron chi connectivity index (χ2n) is 7.88. The van der Waals surface area contributed by atoms with Crippen LogP contribution < -0.4 is 10.2 Å². The SMILES string of the molecule is CC.CC.Cc1cc(N2CC3CC3C2)c(C(=O)NC2CCCCC2)cc1[N+](=O)[O-]. The Kier molecular flexibility index (Phi) is 8.47. The quantitative estimate of drug-likeness (QED) is 0.534. The summed E-state index contributed by atoms with van der Waals surface area (Å²) >= 11 is 0. The highest BCUT2D eigenvalue weighted by atomic mass is 16.6. The number of piperidine rings is 1. The number of benzene rings is 1. The van der Waals surface area contributed by atoms with Crippen LogP contribution in [0.1, 0.15) is 82.1 Å². The maximum Gasteiger partial charge on any atom is 0.273 e. The van der Waals surface area contributed by atoms with Crippen molar-refractivity contribution in [2.45, 2.75) is 79.2 Å². The van der Waals surface area contributed by atoms with Gasteiger partial charge in [0.05, 0.1) is 16.2 Å². The van der Waals surface area contributed by atoms with E-state index in [1.54, 1.807) is 6.92 Å². The van der Waals surface area contributed by atoms with Crippen molar-refractivity contribution in [3.05, 3.63) is 33.4 Å². The van der Waals surface area contributed by atoms with Gasteiger partial charge < -0.3 is 10.2 Å². The van der Waals surface area contributed by atoms with E-state index >= 15 is 0 Å². The van der Waals surface area contributed by atoms with Crippen LogP contribution in [-0.2, 0) is 0 Å². The van der Waals surface area contributed by atoms with Crippen LogP contribution in [0.15, 0.2) is 12.1 Å². The molecule has 1 amide bonds. The van der Waals surface area contributed by atoms with Crippen LogP contribution in [-0.4, -0.2) is 30.0 Å². The molecule has 3 fully saturated rings. The predicted molar refractivity (Wildman–Crippen MR) is 119 cm³/mol. The third kappa shape index (κ3) is 5.49. The van der Waals surface area contributed by atoms with Crippen molar-refractivity contribution in [1.29, 1.82) is 0 Å². The van der Waals surface area contributed by atoms with Crippen molar-refractivity contribution in [1.82, 2.24) is 5.32 Å². The first-order chi connectivity index (χ1) is 14.0. The van der Waals surface area contributed by atoms with Crippen LogP contribution in [0, 0.1) is 28.9 Å². The molecular weight excluding hydrogens is 366 g/mol. The topological polar surface area (TPSA) is 75.5 Å². The van der Waals surface area contributed by atoms with Crippen molar-refractivity contribution in [2.24, 2.45) is 11.8 Å². The Morgan fingerprint density at radius 2 is 1.66 bits per heavy atom. The summed E-state index contributed by atoms with van der Waals surface area (Å²) in [6.45, 7) is 11.7. The number of nitrogens with one attached hydrogen (secondary N) is 1. The molecule has 162 valence electrons. The number of nitrogens with zero attached hydrogens (tertiary/aromatic N) is 2. The molecule has 6 nitrogen and oxygen atoms in total. The van der Waals surface area contributed by atoms with E-state index in [4.69, 9.17) is 0 Å². The van der Waals surface area contributed by atoms with Crippen molar-refractivity contribution < 1.29 is 9.72 Å². The fourth-order valence-electron chi connectivity index (χ4n) is 4.43. The summed E-state index contributed by atoms with van der Waals surface area (Å²) in [5.41, 5.74) is 1.98. The smallest absolute Gasteiger partial charge is 0.273 e. The lowest BCUT2D eigenvalue weighted by molar-refractivity contribution is -0.385.